The third-order valence-corrected chi connectivity index (χ3v) is 4.17. The zero-order valence-corrected chi connectivity index (χ0v) is 14.6. The maximum atomic E-state index is 12.5. The van der Waals surface area contributed by atoms with E-state index in [0.717, 1.165) is 23.2 Å². The van der Waals surface area contributed by atoms with Crippen LogP contribution in [0.2, 0.25) is 0 Å². The summed E-state index contributed by atoms with van der Waals surface area (Å²) >= 11 is 0. The molecule has 0 unspecified atom stereocenters. The minimum absolute atomic E-state index is 0.379. The third-order valence-electron chi connectivity index (χ3n) is 4.17. The zero-order chi connectivity index (χ0) is 19.3. The maximum absolute atomic E-state index is 12.5. The van der Waals surface area contributed by atoms with E-state index in [1.807, 2.05) is 41.1 Å². The van der Waals surface area contributed by atoms with E-state index < -0.39 is 17.8 Å². The van der Waals surface area contributed by atoms with Crippen LogP contribution in [0.25, 0.3) is 10.9 Å². The smallest absolute Gasteiger partial charge is 0.390 e. The molecule has 3 N–H and O–H groups in total. The van der Waals surface area contributed by atoms with E-state index in [9.17, 15) is 18.3 Å². The molecule has 3 aromatic rings. The Labute approximate surface area is 154 Å². The van der Waals surface area contributed by atoms with Crippen LogP contribution in [0.3, 0.4) is 0 Å². The number of para-hydroxylation sites is 1. The van der Waals surface area contributed by atoms with Crippen LogP contribution in [0, 0.1) is 0 Å². The number of aromatic nitrogens is 2. The van der Waals surface area contributed by atoms with Crippen LogP contribution in [0.4, 0.5) is 19.0 Å². The van der Waals surface area contributed by atoms with Gasteiger partial charge in [0.2, 0.25) is 0 Å². The fraction of sp³-hybridized carbons (Fsp3) is 0.316. The highest BCUT2D eigenvalue weighted by atomic mass is 19.4. The number of hydrogen-bond acceptors (Lipinski definition) is 4. The van der Waals surface area contributed by atoms with E-state index in [-0.39, 0.29) is 0 Å². The van der Waals surface area contributed by atoms with Crippen LogP contribution < -0.4 is 10.6 Å². The van der Waals surface area contributed by atoms with Gasteiger partial charge in [0.15, 0.2) is 0 Å². The predicted molar refractivity (Wildman–Crippen MR) is 98.5 cm³/mol. The van der Waals surface area contributed by atoms with Gasteiger partial charge in [-0.2, -0.15) is 13.2 Å². The molecule has 0 fully saturated rings. The van der Waals surface area contributed by atoms with Crippen molar-refractivity contribution in [2.45, 2.75) is 18.8 Å². The molecular formula is C19H21F3N4O. The standard InChI is InChI=1S/C19H21F3N4O/c20-19(21,22)15-5-6-18(25-11-15)24-9-8-23-12-16(27)13-26-10-7-14-3-1-2-4-17(14)26/h1-7,10-11,16,23,27H,8-9,12-13H2,(H,24,25)/t16-/m0/s1. The van der Waals surface area contributed by atoms with Crippen LogP contribution in [-0.2, 0) is 12.7 Å². The van der Waals surface area contributed by atoms with Crippen LogP contribution >= 0.6 is 0 Å². The summed E-state index contributed by atoms with van der Waals surface area (Å²) in [4.78, 5) is 3.75. The number of benzene rings is 1. The molecule has 0 saturated heterocycles. The maximum Gasteiger partial charge on any atom is 0.417 e. The molecule has 0 amide bonds. The lowest BCUT2D eigenvalue weighted by Gasteiger charge is -2.14. The lowest BCUT2D eigenvalue weighted by atomic mass is 10.2. The van der Waals surface area contributed by atoms with Crippen molar-refractivity contribution in [3.05, 3.63) is 60.4 Å². The SMILES string of the molecule is O[C@@H](CNCCNc1ccc(C(F)(F)F)cn1)Cn1ccc2ccccc21. The number of halogens is 3. The van der Waals surface area contributed by atoms with E-state index in [1.165, 1.54) is 6.07 Å². The van der Waals surface area contributed by atoms with Gasteiger partial charge >= 0.3 is 6.18 Å². The number of nitrogens with one attached hydrogen (secondary N) is 2. The van der Waals surface area contributed by atoms with Crippen molar-refractivity contribution in [3.8, 4) is 0 Å². The Morgan fingerprint density at radius 1 is 1.07 bits per heavy atom. The number of fused-ring (bicyclic) bond motifs is 1. The van der Waals surface area contributed by atoms with Gasteiger partial charge < -0.3 is 20.3 Å². The highest BCUT2D eigenvalue weighted by Gasteiger charge is 2.30. The summed E-state index contributed by atoms with van der Waals surface area (Å²) in [6, 6.07) is 12.3. The Balaban J connectivity index is 1.37. The summed E-state index contributed by atoms with van der Waals surface area (Å²) in [6.07, 6.45) is -2.18. The Kier molecular flexibility index (Phi) is 5.98. The molecule has 0 aliphatic heterocycles. The summed E-state index contributed by atoms with van der Waals surface area (Å²) < 4.78 is 39.4. The molecule has 0 aliphatic rings. The molecule has 0 radical (unpaired) electrons. The summed E-state index contributed by atoms with van der Waals surface area (Å²) in [5, 5.41) is 17.4. The van der Waals surface area contributed by atoms with Gasteiger partial charge in [0, 0.05) is 44.1 Å². The quantitative estimate of drug-likeness (QED) is 0.527. The molecule has 0 bridgehead atoms. The molecule has 8 heteroatoms. The van der Waals surface area contributed by atoms with Gasteiger partial charge in [-0.3, -0.25) is 0 Å². The Morgan fingerprint density at radius 3 is 2.63 bits per heavy atom. The fourth-order valence-electron chi connectivity index (χ4n) is 2.81. The van der Waals surface area contributed by atoms with Gasteiger partial charge in [0.25, 0.3) is 0 Å². The van der Waals surface area contributed by atoms with Crippen molar-refractivity contribution < 1.29 is 18.3 Å². The molecule has 27 heavy (non-hydrogen) atoms. The highest BCUT2D eigenvalue weighted by molar-refractivity contribution is 5.79. The van der Waals surface area contributed by atoms with E-state index in [2.05, 4.69) is 15.6 Å². The van der Waals surface area contributed by atoms with Crippen molar-refractivity contribution in [2.75, 3.05) is 25.0 Å². The Bertz CT molecular complexity index is 861. The van der Waals surface area contributed by atoms with Crippen LogP contribution in [0.15, 0.2) is 54.9 Å². The number of alkyl halides is 3. The molecule has 1 aromatic carbocycles. The van der Waals surface area contributed by atoms with Gasteiger partial charge in [-0.15, -0.1) is 0 Å². The number of aliphatic hydroxyl groups is 1. The molecule has 1 atom stereocenters. The average molecular weight is 378 g/mol. The fourth-order valence-corrected chi connectivity index (χ4v) is 2.81. The number of anilines is 1. The zero-order valence-electron chi connectivity index (χ0n) is 14.6. The second-order valence-electron chi connectivity index (χ2n) is 6.24. The molecule has 0 spiro atoms. The number of nitrogens with zero attached hydrogens (tertiary/aromatic N) is 2. The molecular weight excluding hydrogens is 357 g/mol. The largest absolute Gasteiger partial charge is 0.417 e. The van der Waals surface area contributed by atoms with Crippen molar-refractivity contribution in [1.82, 2.24) is 14.9 Å². The lowest BCUT2D eigenvalue weighted by Crippen LogP contribution is -2.33. The van der Waals surface area contributed by atoms with E-state index in [1.54, 1.807) is 0 Å². The second-order valence-corrected chi connectivity index (χ2v) is 6.24. The van der Waals surface area contributed by atoms with Crippen molar-refractivity contribution >= 4 is 16.7 Å². The lowest BCUT2D eigenvalue weighted by molar-refractivity contribution is -0.137. The van der Waals surface area contributed by atoms with Crippen molar-refractivity contribution in [2.24, 2.45) is 0 Å². The van der Waals surface area contributed by atoms with Crippen molar-refractivity contribution in [1.29, 1.82) is 0 Å². The minimum Gasteiger partial charge on any atom is -0.390 e. The van der Waals surface area contributed by atoms with Crippen LogP contribution in [0.5, 0.6) is 0 Å². The first-order valence-corrected chi connectivity index (χ1v) is 8.63. The normalized spacial score (nSPS) is 13.0. The number of hydrogen-bond donors (Lipinski definition) is 3. The predicted octanol–water partition coefficient (Wildman–Crippen LogP) is 3.12. The molecule has 0 saturated carbocycles. The van der Waals surface area contributed by atoms with Gasteiger partial charge in [-0.1, -0.05) is 18.2 Å². The molecule has 3 rings (SSSR count). The Morgan fingerprint density at radius 2 is 1.89 bits per heavy atom. The van der Waals surface area contributed by atoms with E-state index in [0.29, 0.717) is 32.0 Å². The molecule has 2 heterocycles. The first-order chi connectivity index (χ1) is 12.9. The molecule has 5 nitrogen and oxygen atoms in total. The molecule has 144 valence electrons. The first-order valence-electron chi connectivity index (χ1n) is 8.63. The van der Waals surface area contributed by atoms with Crippen molar-refractivity contribution in [3.63, 3.8) is 0 Å². The Hall–Kier alpha value is -2.58. The second kappa shape index (κ2) is 8.41. The van der Waals surface area contributed by atoms with Crippen LogP contribution in [0.1, 0.15) is 5.56 Å². The molecule has 2 aromatic heterocycles. The number of aliphatic hydroxyl groups excluding tert-OH is 1. The van der Waals surface area contributed by atoms with Gasteiger partial charge in [0.05, 0.1) is 11.7 Å². The average Bonchev–Trinajstić information content (AvgIpc) is 3.04. The summed E-state index contributed by atoms with van der Waals surface area (Å²) in [5.41, 5.74) is 0.304. The number of rotatable bonds is 8. The van der Waals surface area contributed by atoms with Crippen LogP contribution in [-0.4, -0.2) is 40.4 Å². The molecule has 0 aliphatic carbocycles. The number of pyridine rings is 1. The third kappa shape index (κ3) is 5.21. The van der Waals surface area contributed by atoms with Gasteiger partial charge in [0.1, 0.15) is 5.82 Å². The van der Waals surface area contributed by atoms with E-state index in [4.69, 9.17) is 0 Å². The summed E-state index contributed by atoms with van der Waals surface area (Å²) in [7, 11) is 0. The van der Waals surface area contributed by atoms with Gasteiger partial charge in [-0.25, -0.2) is 4.98 Å². The van der Waals surface area contributed by atoms with Gasteiger partial charge in [-0.05, 0) is 29.7 Å². The van der Waals surface area contributed by atoms with E-state index >= 15 is 0 Å². The minimum atomic E-state index is -4.38. The summed E-state index contributed by atoms with van der Waals surface area (Å²) in [5.74, 6) is 0.379. The highest BCUT2D eigenvalue weighted by Crippen LogP contribution is 2.28. The summed E-state index contributed by atoms with van der Waals surface area (Å²) in [6.45, 7) is 1.92. The topological polar surface area (TPSA) is 62.1 Å². The monoisotopic (exact) mass is 378 g/mol. The first kappa shape index (κ1) is 19.2.